The van der Waals surface area contributed by atoms with Crippen molar-refractivity contribution in [3.8, 4) is 0 Å². The number of imidazole rings is 1. The molecule has 3 heterocycles. The first-order chi connectivity index (χ1) is 19.4. The number of benzene rings is 1. The van der Waals surface area contributed by atoms with E-state index in [1.807, 2.05) is 4.57 Å². The van der Waals surface area contributed by atoms with Crippen LogP contribution in [0, 0.1) is 30.2 Å². The van der Waals surface area contributed by atoms with Gasteiger partial charge >= 0.3 is 0 Å². The van der Waals surface area contributed by atoms with E-state index in [0.717, 1.165) is 32.6 Å². The fourth-order valence-corrected chi connectivity index (χ4v) is 7.09. The number of nitrogens with zero attached hydrogens (tertiary/aromatic N) is 5. The summed E-state index contributed by atoms with van der Waals surface area (Å²) in [5.74, 6) is -8.57. The third kappa shape index (κ3) is 5.18. The van der Waals surface area contributed by atoms with Gasteiger partial charge in [-0.3, -0.25) is 9.59 Å². The normalized spacial score (nSPS) is 18.3. The zero-order valence-electron chi connectivity index (χ0n) is 22.5. The number of anilines is 1. The lowest BCUT2D eigenvalue weighted by Crippen LogP contribution is -2.59. The second-order valence-electron chi connectivity index (χ2n) is 10.5. The minimum Gasteiger partial charge on any atom is -0.334 e. The summed E-state index contributed by atoms with van der Waals surface area (Å²) in [4.78, 5) is 30.0. The van der Waals surface area contributed by atoms with Crippen LogP contribution in [0.1, 0.15) is 55.8 Å². The van der Waals surface area contributed by atoms with Crippen LogP contribution < -0.4 is 10.5 Å². The zero-order valence-corrected chi connectivity index (χ0v) is 23.3. The topological polar surface area (TPSA) is 97.5 Å². The van der Waals surface area contributed by atoms with Gasteiger partial charge in [-0.25, -0.2) is 31.0 Å². The van der Waals surface area contributed by atoms with E-state index in [-0.39, 0.29) is 31.2 Å². The van der Waals surface area contributed by atoms with Gasteiger partial charge in [-0.05, 0) is 32.3 Å². The van der Waals surface area contributed by atoms with Gasteiger partial charge in [0, 0.05) is 43.7 Å². The summed E-state index contributed by atoms with van der Waals surface area (Å²) in [5.41, 5.74) is -0.780. The fourth-order valence-electron chi connectivity index (χ4n) is 5.35. The third-order valence-corrected chi connectivity index (χ3v) is 9.83. The highest BCUT2D eigenvalue weighted by molar-refractivity contribution is 7.89. The number of halogens is 4. The smallest absolute Gasteiger partial charge is 0.252 e. The molecule has 14 heteroatoms. The summed E-state index contributed by atoms with van der Waals surface area (Å²) < 4.78 is 88.1. The maximum absolute atomic E-state index is 14.7. The maximum atomic E-state index is 14.7. The molecule has 9 nitrogen and oxygen atoms in total. The molecule has 1 aliphatic carbocycles. The maximum Gasteiger partial charge on any atom is 0.252 e. The molecular formula is C27H29F4N5O4S. The van der Waals surface area contributed by atoms with E-state index in [2.05, 4.69) is 4.98 Å². The van der Waals surface area contributed by atoms with Crippen molar-refractivity contribution in [2.24, 2.45) is 7.05 Å². The first-order valence-corrected chi connectivity index (χ1v) is 14.7. The summed E-state index contributed by atoms with van der Waals surface area (Å²) in [6.07, 6.45) is 10.2. The highest BCUT2D eigenvalue weighted by atomic mass is 32.2. The lowest BCUT2D eigenvalue weighted by Gasteiger charge is -2.40. The molecule has 1 saturated heterocycles. The molecule has 1 aliphatic heterocycles. The first kappa shape index (κ1) is 29.0. The molecule has 2 fully saturated rings. The van der Waals surface area contributed by atoms with Crippen molar-refractivity contribution in [3.63, 3.8) is 0 Å². The third-order valence-electron chi connectivity index (χ3n) is 7.90. The molecule has 0 N–H and O–H groups in total. The molecule has 0 radical (unpaired) electrons. The van der Waals surface area contributed by atoms with Gasteiger partial charge in [0.15, 0.2) is 28.2 Å². The van der Waals surface area contributed by atoms with Crippen LogP contribution in [0.5, 0.6) is 0 Å². The molecule has 0 bridgehead atoms. The van der Waals surface area contributed by atoms with Crippen LogP contribution in [-0.4, -0.2) is 45.3 Å². The molecule has 41 heavy (non-hydrogen) atoms. The lowest BCUT2D eigenvalue weighted by molar-refractivity contribution is -0.125. The molecule has 2 aromatic heterocycles. The number of aryl methyl sites for hydroxylation is 1. The predicted molar refractivity (Wildman–Crippen MR) is 141 cm³/mol. The SMILES string of the molecule is Cc1c(F)c(F)c(S(=O)(=O)N2CC[C@@H]2C(=O)N(Cc2cn(C3CCCCC3)cn2)c2ccn(C)c(=O)c2)c(F)c1F. The Morgan fingerprint density at radius 3 is 2.29 bits per heavy atom. The van der Waals surface area contributed by atoms with Gasteiger partial charge in [0.25, 0.3) is 5.56 Å². The molecule has 220 valence electrons. The molecule has 1 amide bonds. The van der Waals surface area contributed by atoms with E-state index in [0.29, 0.717) is 10.00 Å². The molecule has 0 unspecified atom stereocenters. The molecule has 1 aromatic carbocycles. The summed E-state index contributed by atoms with van der Waals surface area (Å²) >= 11 is 0. The van der Waals surface area contributed by atoms with Crippen molar-refractivity contribution in [1.82, 2.24) is 18.4 Å². The monoisotopic (exact) mass is 595 g/mol. The number of carbonyl (C=O) groups excluding carboxylic acids is 1. The van der Waals surface area contributed by atoms with E-state index in [1.165, 1.54) is 41.3 Å². The molecule has 3 aromatic rings. The number of sulfonamides is 1. The minimum absolute atomic E-state index is 0.0179. The zero-order chi connectivity index (χ0) is 29.6. The number of carbonyl (C=O) groups is 1. The Balaban J connectivity index is 1.48. The Hall–Kier alpha value is -3.52. The predicted octanol–water partition coefficient (Wildman–Crippen LogP) is 3.95. The number of hydrogen-bond donors (Lipinski definition) is 0. The van der Waals surface area contributed by atoms with Crippen LogP contribution in [0.4, 0.5) is 23.2 Å². The van der Waals surface area contributed by atoms with Gasteiger partial charge in [-0.2, -0.15) is 4.31 Å². The Kier molecular flexibility index (Phi) is 7.81. The van der Waals surface area contributed by atoms with Crippen LogP contribution >= 0.6 is 0 Å². The van der Waals surface area contributed by atoms with Gasteiger partial charge in [0.2, 0.25) is 15.9 Å². The Bertz CT molecular complexity index is 1640. The van der Waals surface area contributed by atoms with E-state index in [9.17, 15) is 35.6 Å². The average molecular weight is 596 g/mol. The standard InChI is InChI=1S/C27H29F4N5O4S/c1-16-22(28)24(30)26(25(31)23(16)29)41(39,40)36-11-9-20(36)27(38)35(19-8-10-33(2)21(37)12-19)14-17-13-34(15-32-17)18-6-4-3-5-7-18/h8,10,12-13,15,18,20H,3-7,9,11,14H2,1-2H3/t20-/m1/s1. The van der Waals surface area contributed by atoms with Gasteiger partial charge in [0.1, 0.15) is 6.04 Å². The van der Waals surface area contributed by atoms with Crippen molar-refractivity contribution < 1.29 is 30.8 Å². The molecule has 0 spiro atoms. The fraction of sp³-hybridized carbons (Fsp3) is 0.444. The largest absolute Gasteiger partial charge is 0.334 e. The average Bonchev–Trinajstić information content (AvgIpc) is 3.39. The van der Waals surface area contributed by atoms with Crippen molar-refractivity contribution in [3.05, 3.63) is 75.7 Å². The molecule has 2 aliphatic rings. The Labute approximate surface area is 234 Å². The van der Waals surface area contributed by atoms with Gasteiger partial charge < -0.3 is 14.0 Å². The molecule has 1 saturated carbocycles. The van der Waals surface area contributed by atoms with Gasteiger partial charge in [-0.1, -0.05) is 19.3 Å². The van der Waals surface area contributed by atoms with Crippen LogP contribution in [0.2, 0.25) is 0 Å². The first-order valence-electron chi connectivity index (χ1n) is 13.3. The highest BCUT2D eigenvalue weighted by Crippen LogP contribution is 2.35. The van der Waals surface area contributed by atoms with Crippen molar-refractivity contribution in [1.29, 1.82) is 0 Å². The van der Waals surface area contributed by atoms with E-state index in [1.54, 1.807) is 12.5 Å². The van der Waals surface area contributed by atoms with Crippen LogP contribution in [0.25, 0.3) is 0 Å². The second-order valence-corrected chi connectivity index (χ2v) is 12.3. The number of hydrogen-bond acceptors (Lipinski definition) is 5. The van der Waals surface area contributed by atoms with Crippen LogP contribution in [0.15, 0.2) is 40.5 Å². The summed E-state index contributed by atoms with van der Waals surface area (Å²) in [5, 5.41) is 0. The summed E-state index contributed by atoms with van der Waals surface area (Å²) in [6.45, 7) is 0.350. The summed E-state index contributed by atoms with van der Waals surface area (Å²) in [6, 6.07) is 1.54. The summed E-state index contributed by atoms with van der Waals surface area (Å²) in [7, 11) is -3.64. The van der Waals surface area contributed by atoms with Crippen LogP contribution in [-0.2, 0) is 28.4 Å². The van der Waals surface area contributed by atoms with Crippen molar-refractivity contribution >= 4 is 21.6 Å². The quantitative estimate of drug-likeness (QED) is 0.305. The molecule has 5 rings (SSSR count). The Morgan fingerprint density at radius 2 is 1.71 bits per heavy atom. The number of aromatic nitrogens is 3. The van der Waals surface area contributed by atoms with E-state index >= 15 is 0 Å². The van der Waals surface area contributed by atoms with Gasteiger partial charge in [-0.15, -0.1) is 0 Å². The number of rotatable bonds is 7. The molecule has 1 atom stereocenters. The molecular weight excluding hydrogens is 566 g/mol. The van der Waals surface area contributed by atoms with Crippen LogP contribution in [0.3, 0.4) is 0 Å². The second kappa shape index (κ2) is 11.0. The van der Waals surface area contributed by atoms with Crippen molar-refractivity contribution in [2.45, 2.75) is 69.0 Å². The lowest BCUT2D eigenvalue weighted by atomic mass is 9.95. The number of pyridine rings is 1. The minimum atomic E-state index is -5.16. The van der Waals surface area contributed by atoms with E-state index < -0.39 is 61.3 Å². The number of amides is 1. The Morgan fingerprint density at radius 1 is 1.05 bits per heavy atom. The van der Waals surface area contributed by atoms with Gasteiger partial charge in [0.05, 0.1) is 24.3 Å². The van der Waals surface area contributed by atoms with Crippen molar-refractivity contribution in [2.75, 3.05) is 11.4 Å². The highest BCUT2D eigenvalue weighted by Gasteiger charge is 2.47. The van der Waals surface area contributed by atoms with E-state index in [4.69, 9.17) is 0 Å².